The first-order valence-corrected chi connectivity index (χ1v) is 8.42. The molecule has 0 aliphatic carbocycles. The molecular weight excluding hydrogens is 317 g/mol. The summed E-state index contributed by atoms with van der Waals surface area (Å²) in [5, 5.41) is 3.69. The number of benzene rings is 2. The maximum atomic E-state index is 14.4. The number of halogens is 1. The Morgan fingerprint density at radius 2 is 1.84 bits per heavy atom. The van der Waals surface area contributed by atoms with Crippen LogP contribution in [0.1, 0.15) is 23.3 Å². The van der Waals surface area contributed by atoms with Crippen molar-refractivity contribution in [2.24, 2.45) is 0 Å². The zero-order chi connectivity index (χ0) is 17.2. The van der Waals surface area contributed by atoms with Gasteiger partial charge in [-0.2, -0.15) is 0 Å². The van der Waals surface area contributed by atoms with Crippen LogP contribution >= 0.6 is 0 Å². The highest BCUT2D eigenvalue weighted by molar-refractivity contribution is 6.04. The van der Waals surface area contributed by atoms with Crippen molar-refractivity contribution in [3.8, 4) is 0 Å². The number of nitrogens with one attached hydrogen (secondary N) is 1. The van der Waals surface area contributed by atoms with Crippen molar-refractivity contribution in [3.63, 3.8) is 0 Å². The molecule has 1 aliphatic rings. The van der Waals surface area contributed by atoms with E-state index in [2.05, 4.69) is 10.3 Å². The molecule has 3 aromatic rings. The van der Waals surface area contributed by atoms with Gasteiger partial charge in [0.2, 0.25) is 0 Å². The second kappa shape index (κ2) is 6.51. The molecule has 0 atom stereocenters. The summed E-state index contributed by atoms with van der Waals surface area (Å²) in [6.45, 7) is 1.76. The first-order chi connectivity index (χ1) is 12.2. The van der Waals surface area contributed by atoms with Crippen molar-refractivity contribution < 1.29 is 9.18 Å². The van der Waals surface area contributed by atoms with E-state index in [1.54, 1.807) is 18.2 Å². The third-order valence-corrected chi connectivity index (χ3v) is 4.48. The molecule has 2 aromatic carbocycles. The predicted octanol–water partition coefficient (Wildman–Crippen LogP) is 4.23. The van der Waals surface area contributed by atoms with Gasteiger partial charge in [-0.1, -0.05) is 24.3 Å². The summed E-state index contributed by atoms with van der Waals surface area (Å²) >= 11 is 0. The van der Waals surface area contributed by atoms with Crippen LogP contribution in [-0.4, -0.2) is 24.0 Å². The molecule has 0 saturated carbocycles. The number of hydrogen-bond donors (Lipinski definition) is 1. The van der Waals surface area contributed by atoms with Gasteiger partial charge in [0.1, 0.15) is 11.5 Å². The van der Waals surface area contributed by atoms with E-state index in [4.69, 9.17) is 0 Å². The van der Waals surface area contributed by atoms with Gasteiger partial charge in [-0.3, -0.25) is 4.79 Å². The van der Waals surface area contributed by atoms with E-state index < -0.39 is 0 Å². The van der Waals surface area contributed by atoms with Crippen molar-refractivity contribution in [1.29, 1.82) is 0 Å². The number of pyridine rings is 1. The molecule has 25 heavy (non-hydrogen) atoms. The van der Waals surface area contributed by atoms with Crippen LogP contribution in [0.5, 0.6) is 0 Å². The third kappa shape index (κ3) is 3.18. The van der Waals surface area contributed by atoms with Crippen LogP contribution in [0.4, 0.5) is 15.8 Å². The lowest BCUT2D eigenvalue weighted by molar-refractivity contribution is 0.102. The highest BCUT2D eigenvalue weighted by atomic mass is 19.1. The first kappa shape index (κ1) is 15.6. The largest absolute Gasteiger partial charge is 0.369 e. The highest BCUT2D eigenvalue weighted by Crippen LogP contribution is 2.26. The van der Waals surface area contributed by atoms with E-state index >= 15 is 0 Å². The van der Waals surface area contributed by atoms with Gasteiger partial charge in [0, 0.05) is 24.2 Å². The minimum absolute atomic E-state index is 0.308. The van der Waals surface area contributed by atoms with E-state index in [0.717, 1.165) is 36.8 Å². The van der Waals surface area contributed by atoms with Gasteiger partial charge >= 0.3 is 0 Å². The molecule has 1 fully saturated rings. The monoisotopic (exact) mass is 335 g/mol. The molecule has 5 heteroatoms. The average Bonchev–Trinajstić information content (AvgIpc) is 3.15. The van der Waals surface area contributed by atoms with Gasteiger partial charge in [-0.15, -0.1) is 0 Å². The zero-order valence-corrected chi connectivity index (χ0v) is 13.7. The number of carbonyl (C=O) groups is 1. The lowest BCUT2D eigenvalue weighted by Gasteiger charge is -2.18. The molecule has 0 radical (unpaired) electrons. The standard InChI is InChI=1S/C20H18FN3O/c21-16-13-15(8-10-19(16)24-11-3-4-12-24)22-20(25)18-9-7-14-5-1-2-6-17(14)23-18/h1-2,5-10,13H,3-4,11-12H2,(H,22,25). The number of rotatable bonds is 3. The van der Waals surface area contributed by atoms with Crippen LogP contribution in [0.2, 0.25) is 0 Å². The molecule has 126 valence electrons. The van der Waals surface area contributed by atoms with E-state index in [1.807, 2.05) is 35.2 Å². The van der Waals surface area contributed by atoms with Crippen LogP contribution in [0.25, 0.3) is 10.9 Å². The van der Waals surface area contributed by atoms with Crippen molar-refractivity contribution in [3.05, 3.63) is 66.1 Å². The minimum atomic E-state index is -0.348. The van der Waals surface area contributed by atoms with Crippen molar-refractivity contribution >= 4 is 28.2 Å². The van der Waals surface area contributed by atoms with Gasteiger partial charge in [0.15, 0.2) is 0 Å². The molecule has 4 rings (SSSR count). The summed E-state index contributed by atoms with van der Waals surface area (Å²) in [5.41, 5.74) is 2.09. The molecule has 1 N–H and O–H groups in total. The quantitative estimate of drug-likeness (QED) is 0.779. The fourth-order valence-corrected chi connectivity index (χ4v) is 3.19. The van der Waals surface area contributed by atoms with Crippen LogP contribution in [0.3, 0.4) is 0 Å². The molecule has 1 aromatic heterocycles. The highest BCUT2D eigenvalue weighted by Gasteiger charge is 2.17. The van der Waals surface area contributed by atoms with Crippen LogP contribution in [-0.2, 0) is 0 Å². The number of hydrogen-bond acceptors (Lipinski definition) is 3. The Morgan fingerprint density at radius 1 is 1.04 bits per heavy atom. The second-order valence-corrected chi connectivity index (χ2v) is 6.20. The fraction of sp³-hybridized carbons (Fsp3) is 0.200. The summed E-state index contributed by atoms with van der Waals surface area (Å²) in [5.74, 6) is -0.662. The Kier molecular flexibility index (Phi) is 4.06. The fourth-order valence-electron chi connectivity index (χ4n) is 3.19. The summed E-state index contributed by atoms with van der Waals surface area (Å²) in [7, 11) is 0. The topological polar surface area (TPSA) is 45.2 Å². The lowest BCUT2D eigenvalue weighted by atomic mass is 10.2. The Hall–Kier alpha value is -2.95. The maximum Gasteiger partial charge on any atom is 0.274 e. The van der Waals surface area contributed by atoms with Crippen LogP contribution in [0, 0.1) is 5.82 Å². The van der Waals surface area contributed by atoms with Gasteiger partial charge < -0.3 is 10.2 Å². The normalized spacial score (nSPS) is 14.0. The van der Waals surface area contributed by atoms with Gasteiger partial charge in [0.25, 0.3) is 5.91 Å². The molecule has 1 aliphatic heterocycles. The molecule has 0 bridgehead atoms. The third-order valence-electron chi connectivity index (χ3n) is 4.48. The van der Waals surface area contributed by atoms with Crippen LogP contribution < -0.4 is 10.2 Å². The summed E-state index contributed by atoms with van der Waals surface area (Å²) in [4.78, 5) is 18.8. The average molecular weight is 335 g/mol. The molecule has 1 amide bonds. The van der Waals surface area contributed by atoms with Gasteiger partial charge in [0.05, 0.1) is 11.2 Å². The number of para-hydroxylation sites is 1. The first-order valence-electron chi connectivity index (χ1n) is 8.42. The summed E-state index contributed by atoms with van der Waals surface area (Å²) < 4.78 is 14.4. The Morgan fingerprint density at radius 3 is 2.64 bits per heavy atom. The zero-order valence-electron chi connectivity index (χ0n) is 13.7. The minimum Gasteiger partial charge on any atom is -0.369 e. The SMILES string of the molecule is O=C(Nc1ccc(N2CCCC2)c(F)c1)c1ccc2ccccc2n1. The molecular formula is C20H18FN3O. The molecule has 0 spiro atoms. The van der Waals surface area contributed by atoms with E-state index in [0.29, 0.717) is 17.1 Å². The number of aromatic nitrogens is 1. The Labute approximate surface area is 145 Å². The number of carbonyl (C=O) groups excluding carboxylic acids is 1. The molecule has 4 nitrogen and oxygen atoms in total. The Balaban J connectivity index is 1.54. The van der Waals surface area contributed by atoms with Gasteiger partial charge in [-0.25, -0.2) is 9.37 Å². The summed E-state index contributed by atoms with van der Waals surface area (Å²) in [6, 6.07) is 16.0. The molecule has 1 saturated heterocycles. The maximum absolute atomic E-state index is 14.4. The van der Waals surface area contributed by atoms with Crippen molar-refractivity contribution in [1.82, 2.24) is 4.98 Å². The van der Waals surface area contributed by atoms with Crippen molar-refractivity contribution in [2.75, 3.05) is 23.3 Å². The second-order valence-electron chi connectivity index (χ2n) is 6.20. The number of nitrogens with zero attached hydrogens (tertiary/aromatic N) is 2. The van der Waals surface area contributed by atoms with Crippen molar-refractivity contribution in [2.45, 2.75) is 12.8 Å². The van der Waals surface area contributed by atoms with E-state index in [-0.39, 0.29) is 11.7 Å². The van der Waals surface area contributed by atoms with Gasteiger partial charge in [-0.05, 0) is 43.2 Å². The van der Waals surface area contributed by atoms with Crippen LogP contribution in [0.15, 0.2) is 54.6 Å². The predicted molar refractivity (Wildman–Crippen MR) is 97.5 cm³/mol. The van der Waals surface area contributed by atoms with E-state index in [1.165, 1.54) is 6.07 Å². The number of fused-ring (bicyclic) bond motifs is 1. The molecule has 0 unspecified atom stereocenters. The smallest absolute Gasteiger partial charge is 0.274 e. The Bertz CT molecular complexity index is 935. The number of anilines is 2. The lowest BCUT2D eigenvalue weighted by Crippen LogP contribution is -2.19. The summed E-state index contributed by atoms with van der Waals surface area (Å²) in [6.07, 6.45) is 2.18. The van der Waals surface area contributed by atoms with E-state index in [9.17, 15) is 9.18 Å². The molecule has 2 heterocycles. The number of amides is 1.